The second kappa shape index (κ2) is 16.2. The molecular weight excluding hydrogens is 836 g/mol. The van der Waals surface area contributed by atoms with Gasteiger partial charge in [0, 0.05) is 17.6 Å². The van der Waals surface area contributed by atoms with E-state index >= 15 is 0 Å². The highest BCUT2D eigenvalue weighted by Gasteiger charge is 2.77. The number of carbonyl (C=O) groups excluding carboxylic acids is 2. The molecule has 0 radical (unpaired) electrons. The van der Waals surface area contributed by atoms with Crippen LogP contribution in [0, 0.1) is 0 Å². The third kappa shape index (κ3) is 12.5. The van der Waals surface area contributed by atoms with Crippen molar-refractivity contribution in [1.82, 2.24) is 0 Å². The molecule has 0 amide bonds. The summed E-state index contributed by atoms with van der Waals surface area (Å²) in [5, 5.41) is -10.8. The summed E-state index contributed by atoms with van der Waals surface area (Å²) in [4.78, 5) is 21.1. The maximum Gasteiger partial charge on any atom is 0.462 e. The fourth-order valence-electron chi connectivity index (χ4n) is 2.09. The first-order valence-corrected chi connectivity index (χ1v) is 14.6. The summed E-state index contributed by atoms with van der Waals surface area (Å²) in [6.45, 7) is -3.13. The third-order valence-electron chi connectivity index (χ3n) is 4.43. The fourth-order valence-corrected chi connectivity index (χ4v) is 3.83. The quantitative estimate of drug-likeness (QED) is 0.0474. The van der Waals surface area contributed by atoms with E-state index in [1.165, 1.54) is 0 Å². The molecule has 0 saturated heterocycles. The number of ether oxygens (including phenoxy) is 4. The Morgan fingerprint density at radius 1 is 0.620 bits per heavy atom. The Labute approximate surface area is 270 Å². The van der Waals surface area contributed by atoms with Crippen molar-refractivity contribution in [3.8, 4) is 0 Å². The van der Waals surface area contributed by atoms with Gasteiger partial charge in [-0.1, -0.05) is 23.5 Å². The number of hydrogen-bond donors (Lipinski definition) is 0. The van der Waals surface area contributed by atoms with Gasteiger partial charge in [0.05, 0.1) is 0 Å². The van der Waals surface area contributed by atoms with Gasteiger partial charge in [0.1, 0.15) is 28.2 Å². The SMILES string of the molecule is O=C(/C=C(\C(=O)OCCSC(F)(F)C(F)OC(F)(F)C(F)(F)C(F)(F)F)S(=O)(=O)[O-])OCCSC(F)(F)C(F)OC(F)(F)C(F)(F)C(F)(F)F. The Bertz CT molecular complexity index is 1320. The van der Waals surface area contributed by atoms with E-state index in [2.05, 4.69) is 18.9 Å². The molecule has 2 unspecified atom stereocenters. The highest BCUT2D eigenvalue weighted by atomic mass is 32.2. The zero-order valence-electron chi connectivity index (χ0n) is 22.5. The molecule has 50 heavy (non-hydrogen) atoms. The van der Waals surface area contributed by atoms with E-state index in [4.69, 9.17) is 0 Å². The first kappa shape index (κ1) is 47.8. The summed E-state index contributed by atoms with van der Waals surface area (Å²) in [6.07, 6.45) is -38.4. The molecule has 0 aromatic heterocycles. The maximum absolute atomic E-state index is 13.6. The summed E-state index contributed by atoms with van der Waals surface area (Å²) in [6, 6.07) is 0. The summed E-state index contributed by atoms with van der Waals surface area (Å²) in [5.74, 6) is -22.1. The molecule has 0 aliphatic heterocycles. The van der Waals surface area contributed by atoms with E-state index in [-0.39, 0.29) is 0 Å². The Balaban J connectivity index is 5.24. The highest BCUT2D eigenvalue weighted by molar-refractivity contribution is 8.00. The predicted octanol–water partition coefficient (Wildman–Crippen LogP) is 6.36. The van der Waals surface area contributed by atoms with Crippen LogP contribution in [0.25, 0.3) is 0 Å². The number of hydrogen-bond acceptors (Lipinski definition) is 11. The maximum atomic E-state index is 13.6. The van der Waals surface area contributed by atoms with Crippen molar-refractivity contribution in [1.29, 1.82) is 0 Å². The molecule has 0 spiro atoms. The van der Waals surface area contributed by atoms with E-state index in [0.717, 1.165) is 0 Å². The van der Waals surface area contributed by atoms with E-state index in [9.17, 15) is 110 Å². The monoisotopic (exact) mass is 847 g/mol. The largest absolute Gasteiger partial charge is 0.744 e. The van der Waals surface area contributed by atoms with Gasteiger partial charge in [-0.05, 0) is 0 Å². The zero-order chi connectivity index (χ0) is 40.2. The van der Waals surface area contributed by atoms with Crippen molar-refractivity contribution in [2.24, 2.45) is 0 Å². The molecular formula is C18H11F20O9S3-. The molecule has 0 bridgehead atoms. The van der Waals surface area contributed by atoms with Crippen molar-refractivity contribution < 1.29 is 129 Å². The summed E-state index contributed by atoms with van der Waals surface area (Å²) >= 11 is -2.54. The smallest absolute Gasteiger partial charge is 0.462 e. The number of carbonyl (C=O) groups is 2. The number of esters is 2. The van der Waals surface area contributed by atoms with Crippen molar-refractivity contribution in [3.05, 3.63) is 11.0 Å². The van der Waals surface area contributed by atoms with Crippen molar-refractivity contribution in [3.63, 3.8) is 0 Å². The van der Waals surface area contributed by atoms with E-state index in [0.29, 0.717) is 0 Å². The zero-order valence-corrected chi connectivity index (χ0v) is 25.0. The van der Waals surface area contributed by atoms with Crippen LogP contribution in [-0.2, 0) is 38.7 Å². The number of alkyl halides is 20. The van der Waals surface area contributed by atoms with Crippen LogP contribution >= 0.6 is 23.5 Å². The molecule has 0 N–H and O–H groups in total. The van der Waals surface area contributed by atoms with Crippen LogP contribution in [-0.4, -0.2) is 109 Å². The molecule has 2 atom stereocenters. The van der Waals surface area contributed by atoms with E-state index < -0.39 is 141 Å². The van der Waals surface area contributed by atoms with Crippen molar-refractivity contribution in [2.75, 3.05) is 24.7 Å². The van der Waals surface area contributed by atoms with Crippen molar-refractivity contribution in [2.45, 2.75) is 59.6 Å². The molecule has 0 aromatic rings. The van der Waals surface area contributed by atoms with Crippen LogP contribution in [0.1, 0.15) is 0 Å². The molecule has 0 saturated carbocycles. The Hall–Kier alpha value is -2.19. The van der Waals surface area contributed by atoms with Gasteiger partial charge in [0.2, 0.25) is 0 Å². The minimum absolute atomic E-state index is 0.607. The number of thioether (sulfide) groups is 2. The van der Waals surface area contributed by atoms with Crippen LogP contribution in [0.4, 0.5) is 87.8 Å². The Kier molecular flexibility index (Phi) is 15.5. The van der Waals surface area contributed by atoms with E-state index in [1.807, 2.05) is 0 Å². The predicted molar refractivity (Wildman–Crippen MR) is 118 cm³/mol. The second-order valence-electron chi connectivity index (χ2n) is 8.13. The lowest BCUT2D eigenvalue weighted by molar-refractivity contribution is -0.446. The van der Waals surface area contributed by atoms with Crippen LogP contribution in [0.3, 0.4) is 0 Å². The minimum atomic E-state index is -7.18. The first-order chi connectivity index (χ1) is 21.9. The van der Waals surface area contributed by atoms with Crippen LogP contribution < -0.4 is 0 Å². The molecule has 296 valence electrons. The normalized spacial score (nSPS) is 16.2. The molecule has 9 nitrogen and oxygen atoms in total. The number of halogens is 20. The molecule has 0 aliphatic rings. The molecule has 0 aromatic carbocycles. The lowest BCUT2D eigenvalue weighted by Gasteiger charge is -2.30. The van der Waals surface area contributed by atoms with Gasteiger partial charge in [-0.15, -0.1) is 0 Å². The lowest BCUT2D eigenvalue weighted by atomic mass is 10.3. The van der Waals surface area contributed by atoms with Gasteiger partial charge in [0.15, 0.2) is 0 Å². The molecule has 32 heteroatoms. The van der Waals surface area contributed by atoms with Crippen LogP contribution in [0.5, 0.6) is 0 Å². The lowest BCUT2D eigenvalue weighted by Crippen LogP contribution is -2.55. The summed E-state index contributed by atoms with van der Waals surface area (Å²) < 4.78 is 301. The van der Waals surface area contributed by atoms with E-state index in [1.54, 1.807) is 0 Å². The molecule has 0 heterocycles. The van der Waals surface area contributed by atoms with Gasteiger partial charge >= 0.3 is 58.9 Å². The first-order valence-electron chi connectivity index (χ1n) is 11.2. The topological polar surface area (TPSA) is 128 Å². The summed E-state index contributed by atoms with van der Waals surface area (Å²) in [7, 11) is -6.14. The number of rotatable bonds is 19. The minimum Gasteiger partial charge on any atom is -0.744 e. The van der Waals surface area contributed by atoms with Gasteiger partial charge in [-0.2, -0.15) is 79.0 Å². The van der Waals surface area contributed by atoms with Gasteiger partial charge in [0.25, 0.3) is 12.7 Å². The van der Waals surface area contributed by atoms with Gasteiger partial charge in [-0.3, -0.25) is 9.47 Å². The second-order valence-corrected chi connectivity index (χ2v) is 12.0. The van der Waals surface area contributed by atoms with Gasteiger partial charge in [-0.25, -0.2) is 26.8 Å². The molecule has 0 fully saturated rings. The molecule has 0 aliphatic carbocycles. The average molecular weight is 847 g/mol. The summed E-state index contributed by atoms with van der Waals surface area (Å²) in [5.41, 5.74) is 0. The highest BCUT2D eigenvalue weighted by Crippen LogP contribution is 2.50. The fraction of sp³-hybridized carbons (Fsp3) is 0.778. The standard InChI is InChI=1S/C18H12F20O9S3/c19-9(46-17(35,36)13(25,26)15(29,30)31)11(21,22)48-3-1-44-7(39)5-6(50(41,42)43)8(40)45-2-4-49-12(23,24)10(20)47-18(37,38)14(27,28)16(32,33)34/h5,9-10H,1-4H2,(H,41,42,43)/p-1/b6-5+. The Morgan fingerprint density at radius 2 is 0.940 bits per heavy atom. The average Bonchev–Trinajstić information content (AvgIpc) is 2.89. The molecule has 0 rings (SSSR count). The van der Waals surface area contributed by atoms with Crippen LogP contribution in [0.15, 0.2) is 11.0 Å². The Morgan fingerprint density at radius 3 is 1.24 bits per heavy atom. The van der Waals surface area contributed by atoms with Crippen LogP contribution in [0.2, 0.25) is 0 Å². The van der Waals surface area contributed by atoms with Gasteiger partial charge < -0.3 is 14.0 Å². The van der Waals surface area contributed by atoms with Crippen molar-refractivity contribution >= 4 is 45.6 Å². The third-order valence-corrected chi connectivity index (χ3v) is 7.13.